The fourth-order valence-corrected chi connectivity index (χ4v) is 3.49. The quantitative estimate of drug-likeness (QED) is 0.0978. The normalized spacial score (nSPS) is 11.4. The second-order valence-electron chi connectivity index (χ2n) is 9.12. The standard InChI is InChI=1S/C27H50O4/c1-25(2)22-23-27(29)31-24-20-18-16-14-12-10-8-6-4-5-7-9-11-13-15-17-19-21-26(28)30-3/h4-5,25H,6-24H2,1-3H3. The maximum atomic E-state index is 11.5. The van der Waals surface area contributed by atoms with Crippen LogP contribution in [0.3, 0.4) is 0 Å². The highest BCUT2D eigenvalue weighted by molar-refractivity contribution is 5.69. The van der Waals surface area contributed by atoms with Gasteiger partial charge in [-0.2, -0.15) is 0 Å². The molecule has 0 fully saturated rings. The molecule has 0 amide bonds. The predicted octanol–water partition coefficient (Wildman–Crippen LogP) is 7.94. The highest BCUT2D eigenvalue weighted by Crippen LogP contribution is 2.11. The molecule has 4 heteroatoms. The van der Waals surface area contributed by atoms with Gasteiger partial charge in [0.15, 0.2) is 0 Å². The maximum absolute atomic E-state index is 11.5. The van der Waals surface area contributed by atoms with Gasteiger partial charge in [-0.1, -0.05) is 83.8 Å². The van der Waals surface area contributed by atoms with E-state index < -0.39 is 0 Å². The Labute approximate surface area is 192 Å². The first-order valence-corrected chi connectivity index (χ1v) is 12.9. The third kappa shape index (κ3) is 24.8. The molecular weight excluding hydrogens is 388 g/mol. The minimum Gasteiger partial charge on any atom is -0.469 e. The highest BCUT2D eigenvalue weighted by Gasteiger charge is 2.04. The topological polar surface area (TPSA) is 52.6 Å². The van der Waals surface area contributed by atoms with Gasteiger partial charge in [0, 0.05) is 12.8 Å². The summed E-state index contributed by atoms with van der Waals surface area (Å²) in [4.78, 5) is 22.5. The van der Waals surface area contributed by atoms with Crippen LogP contribution < -0.4 is 0 Å². The van der Waals surface area contributed by atoms with Crippen molar-refractivity contribution in [2.75, 3.05) is 13.7 Å². The third-order valence-corrected chi connectivity index (χ3v) is 5.60. The van der Waals surface area contributed by atoms with Crippen molar-refractivity contribution in [3.05, 3.63) is 12.2 Å². The zero-order chi connectivity index (χ0) is 23.0. The van der Waals surface area contributed by atoms with Crippen LogP contribution in [0.15, 0.2) is 12.2 Å². The van der Waals surface area contributed by atoms with Gasteiger partial charge in [-0.15, -0.1) is 0 Å². The van der Waals surface area contributed by atoms with Crippen LogP contribution in [0.1, 0.15) is 129 Å². The van der Waals surface area contributed by atoms with Crippen LogP contribution in [0.4, 0.5) is 0 Å². The number of unbranched alkanes of at least 4 members (excludes halogenated alkanes) is 13. The van der Waals surface area contributed by atoms with Gasteiger partial charge < -0.3 is 9.47 Å². The van der Waals surface area contributed by atoms with Crippen molar-refractivity contribution >= 4 is 11.9 Å². The summed E-state index contributed by atoms with van der Waals surface area (Å²) in [7, 11) is 1.45. The number of carbonyl (C=O) groups excluding carboxylic acids is 2. The molecule has 182 valence electrons. The van der Waals surface area contributed by atoms with Gasteiger partial charge in [0.1, 0.15) is 0 Å². The summed E-state index contributed by atoms with van der Waals surface area (Å²) in [6, 6.07) is 0. The average molecular weight is 439 g/mol. The van der Waals surface area contributed by atoms with Crippen LogP contribution >= 0.6 is 0 Å². The molecule has 0 heterocycles. The van der Waals surface area contributed by atoms with Gasteiger partial charge in [-0.25, -0.2) is 0 Å². The van der Waals surface area contributed by atoms with E-state index in [4.69, 9.17) is 4.74 Å². The molecule has 0 bridgehead atoms. The van der Waals surface area contributed by atoms with E-state index in [1.54, 1.807) is 0 Å². The van der Waals surface area contributed by atoms with Crippen molar-refractivity contribution in [3.63, 3.8) is 0 Å². The molecule has 0 radical (unpaired) electrons. The van der Waals surface area contributed by atoms with Crippen LogP contribution in [0.5, 0.6) is 0 Å². The van der Waals surface area contributed by atoms with E-state index in [-0.39, 0.29) is 11.9 Å². The summed E-state index contributed by atoms with van der Waals surface area (Å²) in [5, 5.41) is 0. The van der Waals surface area contributed by atoms with Crippen molar-refractivity contribution in [2.24, 2.45) is 5.92 Å². The van der Waals surface area contributed by atoms with Crippen molar-refractivity contribution in [1.29, 1.82) is 0 Å². The summed E-state index contributed by atoms with van der Waals surface area (Å²) in [6.07, 6.45) is 25.0. The molecule has 0 saturated heterocycles. The van der Waals surface area contributed by atoms with Crippen molar-refractivity contribution in [2.45, 2.75) is 129 Å². The molecule has 0 spiro atoms. The van der Waals surface area contributed by atoms with E-state index in [1.165, 1.54) is 84.2 Å². The monoisotopic (exact) mass is 438 g/mol. The second kappa shape index (κ2) is 23.3. The van der Waals surface area contributed by atoms with E-state index in [2.05, 4.69) is 30.7 Å². The number of hydrogen-bond donors (Lipinski definition) is 0. The van der Waals surface area contributed by atoms with Crippen LogP contribution in [-0.4, -0.2) is 25.7 Å². The van der Waals surface area contributed by atoms with Gasteiger partial charge in [-0.05, 0) is 50.9 Å². The lowest BCUT2D eigenvalue weighted by Crippen LogP contribution is -2.06. The Morgan fingerprint density at radius 1 is 0.645 bits per heavy atom. The third-order valence-electron chi connectivity index (χ3n) is 5.60. The molecule has 4 nitrogen and oxygen atoms in total. The van der Waals surface area contributed by atoms with Gasteiger partial charge in [0.25, 0.3) is 0 Å². The second-order valence-corrected chi connectivity index (χ2v) is 9.12. The number of methoxy groups -OCH3 is 1. The molecule has 0 aromatic rings. The minimum atomic E-state index is -0.0859. The fraction of sp³-hybridized carbons (Fsp3) is 0.852. The van der Waals surface area contributed by atoms with Crippen molar-refractivity contribution in [1.82, 2.24) is 0 Å². The lowest BCUT2D eigenvalue weighted by atomic mass is 10.1. The van der Waals surface area contributed by atoms with Crippen molar-refractivity contribution < 1.29 is 19.1 Å². The van der Waals surface area contributed by atoms with Crippen LogP contribution in [0.2, 0.25) is 0 Å². The fourth-order valence-electron chi connectivity index (χ4n) is 3.49. The van der Waals surface area contributed by atoms with E-state index >= 15 is 0 Å². The van der Waals surface area contributed by atoms with Crippen LogP contribution in [0, 0.1) is 5.92 Å². The minimum absolute atomic E-state index is 0.0331. The summed E-state index contributed by atoms with van der Waals surface area (Å²) in [6.45, 7) is 4.86. The first kappa shape index (κ1) is 29.7. The summed E-state index contributed by atoms with van der Waals surface area (Å²) in [5.74, 6) is 0.446. The summed E-state index contributed by atoms with van der Waals surface area (Å²) >= 11 is 0. The zero-order valence-corrected chi connectivity index (χ0v) is 20.8. The molecule has 0 unspecified atom stereocenters. The van der Waals surface area contributed by atoms with Crippen molar-refractivity contribution in [3.8, 4) is 0 Å². The molecule has 0 aliphatic heterocycles. The predicted molar refractivity (Wildman–Crippen MR) is 130 cm³/mol. The number of allylic oxidation sites excluding steroid dienone is 2. The molecular formula is C27H50O4. The molecule has 0 aromatic carbocycles. The van der Waals surface area contributed by atoms with E-state index in [1.807, 2.05) is 0 Å². The van der Waals surface area contributed by atoms with Crippen LogP contribution in [0.25, 0.3) is 0 Å². The Balaban J connectivity index is 3.19. The molecule has 0 atom stereocenters. The Morgan fingerprint density at radius 2 is 1.13 bits per heavy atom. The molecule has 0 rings (SSSR count). The first-order chi connectivity index (χ1) is 15.1. The molecule has 0 aliphatic rings. The summed E-state index contributed by atoms with van der Waals surface area (Å²) in [5.41, 5.74) is 0. The van der Waals surface area contributed by atoms with Gasteiger partial charge in [0.2, 0.25) is 0 Å². The number of rotatable bonds is 22. The van der Waals surface area contributed by atoms with Gasteiger partial charge in [-0.3, -0.25) is 9.59 Å². The molecule has 0 saturated carbocycles. The Morgan fingerprint density at radius 3 is 1.65 bits per heavy atom. The Hall–Kier alpha value is -1.32. The van der Waals surface area contributed by atoms with Crippen LogP contribution in [-0.2, 0) is 19.1 Å². The Bertz CT molecular complexity index is 443. The van der Waals surface area contributed by atoms with E-state index in [9.17, 15) is 9.59 Å². The maximum Gasteiger partial charge on any atom is 0.305 e. The van der Waals surface area contributed by atoms with E-state index in [0.29, 0.717) is 25.4 Å². The number of hydrogen-bond acceptors (Lipinski definition) is 4. The molecule has 0 N–H and O–H groups in total. The lowest BCUT2D eigenvalue weighted by Gasteiger charge is -2.06. The molecule has 0 aliphatic carbocycles. The average Bonchev–Trinajstić information content (AvgIpc) is 2.76. The lowest BCUT2D eigenvalue weighted by molar-refractivity contribution is -0.144. The number of ether oxygens (including phenoxy) is 2. The first-order valence-electron chi connectivity index (χ1n) is 12.9. The molecule has 31 heavy (non-hydrogen) atoms. The number of carbonyl (C=O) groups is 2. The largest absolute Gasteiger partial charge is 0.469 e. The zero-order valence-electron chi connectivity index (χ0n) is 20.8. The smallest absolute Gasteiger partial charge is 0.305 e. The van der Waals surface area contributed by atoms with Gasteiger partial charge in [0.05, 0.1) is 13.7 Å². The summed E-state index contributed by atoms with van der Waals surface area (Å²) < 4.78 is 9.92. The SMILES string of the molecule is COC(=O)CCCCCCCCC=CCCCCCCCCCOC(=O)CCC(C)C. The Kier molecular flexibility index (Phi) is 22.4. The highest BCUT2D eigenvalue weighted by atomic mass is 16.5. The van der Waals surface area contributed by atoms with E-state index in [0.717, 1.165) is 25.7 Å². The molecule has 0 aromatic heterocycles. The number of esters is 2. The van der Waals surface area contributed by atoms with Gasteiger partial charge >= 0.3 is 11.9 Å².